The van der Waals surface area contributed by atoms with Crippen LogP contribution in [-0.2, 0) is 15.5 Å². The van der Waals surface area contributed by atoms with Crippen LogP contribution < -0.4 is 10.5 Å². The summed E-state index contributed by atoms with van der Waals surface area (Å²) in [5, 5.41) is 10.7. The van der Waals surface area contributed by atoms with Crippen LogP contribution in [0.4, 0.5) is 0 Å². The molecule has 0 saturated heterocycles. The summed E-state index contributed by atoms with van der Waals surface area (Å²) in [6, 6.07) is 10.8. The molecule has 5 N–H and O–H groups in total. The standard InChI is InChI=1S/C22H31ClNO6PS/c1-3-10-22(24,15-30-31(26,27)28)11-9-16-5-7-18(14-19(16)23)32-21-13-17(29-12-4-2)6-8-20(21)25/h5-8,13-14,25H,3-4,9-12,15,24H2,1-2H3,(H2,26,27,28)/t22-/m0/s1. The lowest BCUT2D eigenvalue weighted by Gasteiger charge is -2.29. The van der Waals surface area contributed by atoms with Gasteiger partial charge in [-0.3, -0.25) is 4.52 Å². The highest BCUT2D eigenvalue weighted by Gasteiger charge is 2.28. The number of hydrogen-bond acceptors (Lipinski definition) is 6. The lowest BCUT2D eigenvalue weighted by Crippen LogP contribution is -2.44. The molecule has 178 valence electrons. The number of ether oxygens (including phenoxy) is 1. The zero-order valence-electron chi connectivity index (χ0n) is 18.3. The predicted molar refractivity (Wildman–Crippen MR) is 128 cm³/mol. The number of benzene rings is 2. The Labute approximate surface area is 198 Å². The van der Waals surface area contributed by atoms with Crippen molar-refractivity contribution in [2.75, 3.05) is 13.2 Å². The second-order valence-corrected chi connectivity index (χ2v) is 10.5. The largest absolute Gasteiger partial charge is 0.507 e. The van der Waals surface area contributed by atoms with E-state index < -0.39 is 13.4 Å². The molecule has 0 unspecified atom stereocenters. The van der Waals surface area contributed by atoms with E-state index in [2.05, 4.69) is 4.52 Å². The molecular formula is C22H31ClNO6PS. The topological polar surface area (TPSA) is 122 Å². The Morgan fingerprint density at radius 2 is 1.88 bits per heavy atom. The van der Waals surface area contributed by atoms with Crippen LogP contribution in [0.15, 0.2) is 46.2 Å². The summed E-state index contributed by atoms with van der Waals surface area (Å²) in [7, 11) is -4.58. The normalized spacial score (nSPS) is 13.7. The molecule has 10 heteroatoms. The van der Waals surface area contributed by atoms with E-state index >= 15 is 0 Å². The molecule has 0 aromatic heterocycles. The van der Waals surface area contributed by atoms with E-state index in [-0.39, 0.29) is 12.4 Å². The number of phenols is 1. The molecular weight excluding hydrogens is 473 g/mol. The molecule has 2 rings (SSSR count). The monoisotopic (exact) mass is 503 g/mol. The van der Waals surface area contributed by atoms with Gasteiger partial charge < -0.3 is 25.4 Å². The third-order valence-corrected chi connectivity index (χ3v) is 6.67. The number of aromatic hydroxyl groups is 1. The van der Waals surface area contributed by atoms with E-state index in [1.807, 2.05) is 32.0 Å². The van der Waals surface area contributed by atoms with Gasteiger partial charge in [0.1, 0.15) is 11.5 Å². The fraction of sp³-hybridized carbons (Fsp3) is 0.455. The third kappa shape index (κ3) is 8.94. The Balaban J connectivity index is 2.07. The second kappa shape index (κ2) is 12.3. The average Bonchev–Trinajstić information content (AvgIpc) is 2.72. The minimum atomic E-state index is -4.58. The van der Waals surface area contributed by atoms with Crippen LogP contribution in [0.1, 0.15) is 45.1 Å². The van der Waals surface area contributed by atoms with E-state index in [0.29, 0.717) is 41.5 Å². The van der Waals surface area contributed by atoms with Crippen LogP contribution in [0, 0.1) is 0 Å². The maximum absolute atomic E-state index is 11.1. The zero-order valence-corrected chi connectivity index (χ0v) is 20.8. The molecule has 0 aliphatic heterocycles. The van der Waals surface area contributed by atoms with Gasteiger partial charge in [-0.05, 0) is 61.6 Å². The Bertz CT molecular complexity index is 941. The molecule has 0 radical (unpaired) electrons. The Kier molecular flexibility index (Phi) is 10.4. The minimum absolute atomic E-state index is 0.164. The number of rotatable bonds is 13. The average molecular weight is 504 g/mol. The van der Waals surface area contributed by atoms with E-state index in [9.17, 15) is 9.67 Å². The van der Waals surface area contributed by atoms with Gasteiger partial charge in [0.25, 0.3) is 0 Å². The van der Waals surface area contributed by atoms with Gasteiger partial charge in [-0.15, -0.1) is 0 Å². The molecule has 2 aromatic carbocycles. The zero-order chi connectivity index (χ0) is 23.8. The number of phosphoric ester groups is 1. The van der Waals surface area contributed by atoms with E-state index in [1.54, 1.807) is 18.2 Å². The second-order valence-electron chi connectivity index (χ2n) is 7.71. The van der Waals surface area contributed by atoms with Crippen molar-refractivity contribution in [3.63, 3.8) is 0 Å². The van der Waals surface area contributed by atoms with Crippen molar-refractivity contribution in [1.29, 1.82) is 0 Å². The van der Waals surface area contributed by atoms with Crippen LogP contribution in [-0.4, -0.2) is 33.6 Å². The molecule has 0 heterocycles. The summed E-state index contributed by atoms with van der Waals surface area (Å²) in [5.74, 6) is 0.860. The summed E-state index contributed by atoms with van der Waals surface area (Å²) in [6.07, 6.45) is 3.22. The lowest BCUT2D eigenvalue weighted by atomic mass is 9.89. The first-order valence-corrected chi connectivity index (χ1v) is 13.2. The molecule has 0 aliphatic rings. The maximum Gasteiger partial charge on any atom is 0.469 e. The van der Waals surface area contributed by atoms with Crippen molar-refractivity contribution in [2.45, 2.75) is 61.3 Å². The smallest absolute Gasteiger partial charge is 0.469 e. The van der Waals surface area contributed by atoms with E-state index in [0.717, 1.165) is 23.3 Å². The van der Waals surface area contributed by atoms with Crippen LogP contribution in [0.3, 0.4) is 0 Å². The Hall–Kier alpha value is -1.25. The lowest BCUT2D eigenvalue weighted by molar-refractivity contribution is 0.141. The fourth-order valence-electron chi connectivity index (χ4n) is 3.17. The Morgan fingerprint density at radius 3 is 2.50 bits per heavy atom. The molecule has 7 nitrogen and oxygen atoms in total. The molecule has 0 spiro atoms. The van der Waals surface area contributed by atoms with Gasteiger partial charge in [-0.25, -0.2) is 4.57 Å². The minimum Gasteiger partial charge on any atom is -0.507 e. The van der Waals surface area contributed by atoms with Crippen molar-refractivity contribution in [3.05, 3.63) is 47.0 Å². The molecule has 1 atom stereocenters. The van der Waals surface area contributed by atoms with Crippen LogP contribution >= 0.6 is 31.2 Å². The van der Waals surface area contributed by atoms with Gasteiger partial charge >= 0.3 is 7.82 Å². The number of phosphoric acid groups is 1. The van der Waals surface area contributed by atoms with Gasteiger partial charge in [0, 0.05) is 15.5 Å². The van der Waals surface area contributed by atoms with Gasteiger partial charge in [0.05, 0.1) is 18.1 Å². The first kappa shape index (κ1) is 27.0. The van der Waals surface area contributed by atoms with Crippen LogP contribution in [0.2, 0.25) is 5.02 Å². The summed E-state index contributed by atoms with van der Waals surface area (Å²) >= 11 is 7.88. The van der Waals surface area contributed by atoms with Crippen LogP contribution in [0.5, 0.6) is 11.5 Å². The molecule has 0 bridgehead atoms. The first-order chi connectivity index (χ1) is 15.0. The summed E-state index contributed by atoms with van der Waals surface area (Å²) in [4.78, 5) is 19.5. The summed E-state index contributed by atoms with van der Waals surface area (Å²) in [5.41, 5.74) is 6.37. The highest BCUT2D eigenvalue weighted by molar-refractivity contribution is 7.99. The van der Waals surface area contributed by atoms with E-state index in [4.69, 9.17) is 31.9 Å². The van der Waals surface area contributed by atoms with Crippen molar-refractivity contribution in [3.8, 4) is 11.5 Å². The molecule has 0 amide bonds. The summed E-state index contributed by atoms with van der Waals surface area (Å²) < 4.78 is 21.4. The quantitative estimate of drug-likeness (QED) is 0.263. The number of halogens is 1. The van der Waals surface area contributed by atoms with E-state index in [1.165, 1.54) is 11.8 Å². The molecule has 2 aromatic rings. The highest BCUT2D eigenvalue weighted by atomic mass is 35.5. The Morgan fingerprint density at radius 1 is 1.12 bits per heavy atom. The number of hydrogen-bond donors (Lipinski definition) is 4. The van der Waals surface area contributed by atoms with Gasteiger partial charge in [0.15, 0.2) is 0 Å². The van der Waals surface area contributed by atoms with Gasteiger partial charge in [-0.1, -0.05) is 49.7 Å². The summed E-state index contributed by atoms with van der Waals surface area (Å²) in [6.45, 7) is 4.36. The fourth-order valence-corrected chi connectivity index (χ4v) is 4.85. The number of phenolic OH excluding ortho intramolecular Hbond substituents is 1. The molecule has 0 aliphatic carbocycles. The van der Waals surface area contributed by atoms with Gasteiger partial charge in [0.2, 0.25) is 0 Å². The number of aryl methyl sites for hydroxylation is 1. The predicted octanol–water partition coefficient (Wildman–Crippen LogP) is 5.53. The third-order valence-electron chi connectivity index (χ3n) is 4.82. The van der Waals surface area contributed by atoms with Crippen molar-refractivity contribution < 1.29 is 28.7 Å². The van der Waals surface area contributed by atoms with Crippen LogP contribution in [0.25, 0.3) is 0 Å². The van der Waals surface area contributed by atoms with Crippen molar-refractivity contribution in [1.82, 2.24) is 0 Å². The van der Waals surface area contributed by atoms with Crippen molar-refractivity contribution >= 4 is 31.2 Å². The molecule has 32 heavy (non-hydrogen) atoms. The SMILES string of the molecule is CCCOc1ccc(O)c(Sc2ccc(CC[C@@](N)(CCC)COP(=O)(O)O)c(Cl)c2)c1. The highest BCUT2D eigenvalue weighted by Crippen LogP contribution is 2.39. The maximum atomic E-state index is 11.1. The first-order valence-electron chi connectivity index (χ1n) is 10.5. The van der Waals surface area contributed by atoms with Crippen molar-refractivity contribution in [2.24, 2.45) is 5.73 Å². The molecule has 0 saturated carbocycles. The van der Waals surface area contributed by atoms with Gasteiger partial charge in [-0.2, -0.15) is 0 Å². The molecule has 0 fully saturated rings. The number of nitrogens with two attached hydrogens (primary N) is 1.